The minimum atomic E-state index is -0.978. The van der Waals surface area contributed by atoms with Gasteiger partial charge in [0.15, 0.2) is 0 Å². The highest BCUT2D eigenvalue weighted by Crippen LogP contribution is 2.44. The van der Waals surface area contributed by atoms with Crippen molar-refractivity contribution in [3.8, 4) is 11.1 Å². The van der Waals surface area contributed by atoms with Gasteiger partial charge in [0.2, 0.25) is 0 Å². The molecular formula is C40H41N5O6. The summed E-state index contributed by atoms with van der Waals surface area (Å²) in [5.41, 5.74) is 8.16. The molecule has 0 aromatic heterocycles. The summed E-state index contributed by atoms with van der Waals surface area (Å²) in [4.78, 5) is 52.3. The second-order valence-electron chi connectivity index (χ2n) is 11.8. The number of alkyl carbamates (subject to hydrolysis) is 1. The number of carbonyl (C=O) groups is 4. The Morgan fingerprint density at radius 2 is 1.35 bits per heavy atom. The molecule has 0 spiro atoms. The van der Waals surface area contributed by atoms with E-state index < -0.39 is 42.6 Å². The lowest BCUT2D eigenvalue weighted by atomic mass is 9.98. The van der Waals surface area contributed by atoms with Gasteiger partial charge in [0.05, 0.1) is 12.1 Å². The molecule has 51 heavy (non-hydrogen) atoms. The van der Waals surface area contributed by atoms with Gasteiger partial charge in [-0.25, -0.2) is 15.0 Å². The number of urea groups is 1. The quantitative estimate of drug-likeness (QED) is 0.0523. The van der Waals surface area contributed by atoms with Gasteiger partial charge in [-0.15, -0.1) is 0 Å². The van der Waals surface area contributed by atoms with Gasteiger partial charge in [-0.05, 0) is 39.8 Å². The van der Waals surface area contributed by atoms with Crippen molar-refractivity contribution in [3.63, 3.8) is 0 Å². The summed E-state index contributed by atoms with van der Waals surface area (Å²) in [7, 11) is 0. The largest absolute Gasteiger partial charge is 0.460 e. The molecule has 0 fully saturated rings. The maximum atomic E-state index is 13.5. The Labute approximate surface area is 297 Å². The number of hydrazone groups is 1. The number of rotatable bonds is 15. The predicted molar refractivity (Wildman–Crippen MR) is 195 cm³/mol. The molecule has 11 nitrogen and oxygen atoms in total. The van der Waals surface area contributed by atoms with Crippen LogP contribution in [0.15, 0.2) is 127 Å². The van der Waals surface area contributed by atoms with Crippen LogP contribution in [0.4, 0.5) is 9.59 Å². The molecule has 4 amide bonds. The normalized spacial score (nSPS) is 12.5. The molecule has 262 valence electrons. The van der Waals surface area contributed by atoms with Crippen molar-refractivity contribution in [3.05, 3.63) is 144 Å². The fourth-order valence-corrected chi connectivity index (χ4v) is 6.01. The molecule has 0 saturated carbocycles. The van der Waals surface area contributed by atoms with Crippen LogP contribution in [0.3, 0.4) is 0 Å². The van der Waals surface area contributed by atoms with E-state index in [-0.39, 0.29) is 31.3 Å². The van der Waals surface area contributed by atoms with Crippen LogP contribution in [-0.4, -0.2) is 55.5 Å². The summed E-state index contributed by atoms with van der Waals surface area (Å²) in [5.74, 6) is -1.65. The molecule has 0 bridgehead atoms. The number of ether oxygens (including phenoxy) is 2. The van der Waals surface area contributed by atoms with Crippen LogP contribution in [-0.2, 0) is 19.1 Å². The molecule has 0 unspecified atom stereocenters. The third kappa shape index (κ3) is 9.48. The van der Waals surface area contributed by atoms with Crippen molar-refractivity contribution in [2.24, 2.45) is 5.10 Å². The zero-order chi connectivity index (χ0) is 36.0. The fourth-order valence-electron chi connectivity index (χ4n) is 6.01. The highest BCUT2D eigenvalue weighted by Gasteiger charge is 2.31. The monoisotopic (exact) mass is 687 g/mol. The number of hydrogen-bond donors (Lipinski definition) is 4. The SMILES string of the molecule is C=CCOC(=O)CNC(=O)C(=NNC(=O)NC(c1ccccc1)c1ccccc1)[C@H](CCC)NC(=O)OCC1c2ccccc2-c2ccccc21. The van der Waals surface area contributed by atoms with E-state index in [0.29, 0.717) is 6.42 Å². The maximum Gasteiger partial charge on any atom is 0.407 e. The molecule has 0 saturated heterocycles. The van der Waals surface area contributed by atoms with E-state index in [0.717, 1.165) is 33.4 Å². The topological polar surface area (TPSA) is 147 Å². The van der Waals surface area contributed by atoms with Gasteiger partial charge < -0.3 is 25.4 Å². The van der Waals surface area contributed by atoms with Gasteiger partial charge in [-0.1, -0.05) is 135 Å². The van der Waals surface area contributed by atoms with Gasteiger partial charge in [-0.3, -0.25) is 9.59 Å². The van der Waals surface area contributed by atoms with Gasteiger partial charge in [-0.2, -0.15) is 5.10 Å². The fraction of sp³-hybridized carbons (Fsp3) is 0.225. The second kappa shape index (κ2) is 18.0. The first kappa shape index (κ1) is 36.1. The molecule has 0 radical (unpaired) electrons. The highest BCUT2D eigenvalue weighted by atomic mass is 16.5. The van der Waals surface area contributed by atoms with Crippen LogP contribution in [0.5, 0.6) is 0 Å². The van der Waals surface area contributed by atoms with E-state index in [2.05, 4.69) is 33.1 Å². The highest BCUT2D eigenvalue weighted by molar-refractivity contribution is 6.41. The number of nitrogens with one attached hydrogen (secondary N) is 4. The van der Waals surface area contributed by atoms with Crippen molar-refractivity contribution < 1.29 is 28.7 Å². The van der Waals surface area contributed by atoms with E-state index in [9.17, 15) is 19.2 Å². The number of nitrogens with zero attached hydrogens (tertiary/aromatic N) is 1. The lowest BCUT2D eigenvalue weighted by Gasteiger charge is -2.22. The van der Waals surface area contributed by atoms with E-state index in [4.69, 9.17) is 9.47 Å². The first-order valence-corrected chi connectivity index (χ1v) is 16.8. The van der Waals surface area contributed by atoms with Crippen molar-refractivity contribution in [1.29, 1.82) is 0 Å². The Balaban J connectivity index is 1.33. The number of amides is 4. The summed E-state index contributed by atoms with van der Waals surface area (Å²) < 4.78 is 10.7. The van der Waals surface area contributed by atoms with Gasteiger partial charge >= 0.3 is 18.1 Å². The van der Waals surface area contributed by atoms with Crippen LogP contribution in [0.1, 0.15) is 54.0 Å². The van der Waals surface area contributed by atoms with Gasteiger partial charge in [0.25, 0.3) is 5.91 Å². The average molecular weight is 688 g/mol. The minimum Gasteiger partial charge on any atom is -0.460 e. The third-order valence-corrected chi connectivity index (χ3v) is 8.35. The number of fused-ring (bicyclic) bond motifs is 3. The second-order valence-corrected chi connectivity index (χ2v) is 11.8. The summed E-state index contributed by atoms with van der Waals surface area (Å²) in [5, 5.41) is 12.3. The molecule has 1 aliphatic carbocycles. The number of hydrogen-bond acceptors (Lipinski definition) is 7. The molecule has 0 aliphatic heterocycles. The average Bonchev–Trinajstić information content (AvgIpc) is 3.48. The van der Waals surface area contributed by atoms with Gasteiger partial charge in [0.1, 0.15) is 25.5 Å². The van der Waals surface area contributed by atoms with Crippen LogP contribution in [0.2, 0.25) is 0 Å². The van der Waals surface area contributed by atoms with E-state index in [1.165, 1.54) is 6.08 Å². The van der Waals surface area contributed by atoms with Crippen molar-refractivity contribution >= 4 is 29.7 Å². The molecule has 1 aliphatic rings. The Bertz CT molecular complexity index is 1780. The Hall–Kier alpha value is -6.23. The Morgan fingerprint density at radius 1 is 0.784 bits per heavy atom. The summed E-state index contributed by atoms with van der Waals surface area (Å²) >= 11 is 0. The lowest BCUT2D eigenvalue weighted by Crippen LogP contribution is -2.50. The Kier molecular flexibility index (Phi) is 12.7. The molecule has 5 rings (SSSR count). The number of esters is 1. The van der Waals surface area contributed by atoms with Crippen LogP contribution >= 0.6 is 0 Å². The zero-order valence-electron chi connectivity index (χ0n) is 28.3. The Morgan fingerprint density at radius 3 is 1.92 bits per heavy atom. The lowest BCUT2D eigenvalue weighted by molar-refractivity contribution is -0.142. The predicted octanol–water partition coefficient (Wildman–Crippen LogP) is 5.98. The van der Waals surface area contributed by atoms with E-state index >= 15 is 0 Å². The molecule has 4 aromatic carbocycles. The molecule has 4 N–H and O–H groups in total. The number of carbonyl (C=O) groups excluding carboxylic acids is 4. The summed E-state index contributed by atoms with van der Waals surface area (Å²) in [6.45, 7) is 4.95. The van der Waals surface area contributed by atoms with Crippen LogP contribution in [0, 0.1) is 0 Å². The molecule has 1 atom stereocenters. The van der Waals surface area contributed by atoms with Gasteiger partial charge in [0, 0.05) is 5.92 Å². The maximum absolute atomic E-state index is 13.5. The van der Waals surface area contributed by atoms with E-state index in [1.54, 1.807) is 0 Å². The first-order chi connectivity index (χ1) is 24.9. The van der Waals surface area contributed by atoms with Crippen LogP contribution < -0.4 is 21.4 Å². The molecular weight excluding hydrogens is 646 g/mol. The third-order valence-electron chi connectivity index (χ3n) is 8.35. The standard InChI is InChI=1S/C40H41N5O6/c1-3-15-34(42-40(49)51-26-33-31-22-13-11-20-29(31)30-21-12-14-23-32(30)33)37(38(47)41-25-35(46)50-24-4-2)44-45-39(48)43-36(27-16-7-5-8-17-27)28-18-9-6-10-19-28/h4-14,16-23,33-34,36H,2-3,15,24-26H2,1H3,(H,41,47)(H,42,49)(H2,43,45,48)/t34-/m0/s1. The van der Waals surface area contributed by atoms with Crippen molar-refractivity contribution in [1.82, 2.24) is 21.4 Å². The van der Waals surface area contributed by atoms with Crippen molar-refractivity contribution in [2.45, 2.75) is 37.8 Å². The minimum absolute atomic E-state index is 0.0246. The number of benzene rings is 4. The first-order valence-electron chi connectivity index (χ1n) is 16.8. The van der Waals surface area contributed by atoms with Crippen molar-refractivity contribution in [2.75, 3.05) is 19.8 Å². The summed E-state index contributed by atoms with van der Waals surface area (Å²) in [6, 6.07) is 32.6. The van der Waals surface area contributed by atoms with E-state index in [1.807, 2.05) is 116 Å². The van der Waals surface area contributed by atoms with Crippen LogP contribution in [0.25, 0.3) is 11.1 Å². The molecule has 11 heteroatoms. The molecule has 4 aromatic rings. The smallest absolute Gasteiger partial charge is 0.407 e. The zero-order valence-corrected chi connectivity index (χ0v) is 28.3. The molecule has 0 heterocycles. The summed E-state index contributed by atoms with van der Waals surface area (Å²) in [6.07, 6.45) is 1.46.